The molecule has 0 aliphatic carbocycles. The van der Waals surface area contributed by atoms with Crippen molar-refractivity contribution in [2.75, 3.05) is 0 Å². The number of carbonyl (C=O) groups excluding carboxylic acids is 1. The summed E-state index contributed by atoms with van der Waals surface area (Å²) in [6.45, 7) is 0. The van der Waals surface area contributed by atoms with Crippen molar-refractivity contribution in [3.8, 4) is 11.3 Å². The van der Waals surface area contributed by atoms with Crippen LogP contribution in [0.1, 0.15) is 11.3 Å². The van der Waals surface area contributed by atoms with Crippen LogP contribution < -0.4 is 5.43 Å². The summed E-state index contributed by atoms with van der Waals surface area (Å²) < 4.78 is 18.7. The topological polar surface area (TPSA) is 141 Å². The molecular weight excluding hydrogens is 399 g/mol. The van der Waals surface area contributed by atoms with Crippen molar-refractivity contribution in [3.05, 3.63) is 92.0 Å². The first kappa shape index (κ1) is 20.3. The average Bonchev–Trinajstić information content (AvgIpc) is 3.17. The molecule has 3 rings (SSSR count). The van der Waals surface area contributed by atoms with Gasteiger partial charge in [-0.3, -0.25) is 25.0 Å². The minimum atomic E-state index is -0.741. The molecular formula is C19H13FN4O6. The van der Waals surface area contributed by atoms with E-state index in [9.17, 15) is 29.4 Å². The maximum atomic E-state index is 13.3. The van der Waals surface area contributed by atoms with E-state index in [4.69, 9.17) is 4.42 Å². The summed E-state index contributed by atoms with van der Waals surface area (Å²) in [7, 11) is 0. The van der Waals surface area contributed by atoms with Crippen molar-refractivity contribution >= 4 is 23.5 Å². The molecule has 3 aromatic rings. The first-order valence-corrected chi connectivity index (χ1v) is 8.43. The molecule has 0 saturated heterocycles. The monoisotopic (exact) mass is 412 g/mol. The van der Waals surface area contributed by atoms with Crippen LogP contribution >= 0.6 is 0 Å². The lowest BCUT2D eigenvalue weighted by Crippen LogP contribution is -2.19. The summed E-state index contributed by atoms with van der Waals surface area (Å²) in [6, 6.07) is 11.6. The zero-order valence-corrected chi connectivity index (χ0v) is 15.1. The van der Waals surface area contributed by atoms with Crippen LogP contribution in [0.3, 0.4) is 0 Å². The molecule has 10 nitrogen and oxygen atoms in total. The molecule has 0 saturated carbocycles. The van der Waals surface area contributed by atoms with Crippen molar-refractivity contribution < 1.29 is 23.4 Å². The van der Waals surface area contributed by atoms with Crippen molar-refractivity contribution in [1.29, 1.82) is 0 Å². The van der Waals surface area contributed by atoms with E-state index in [1.54, 1.807) is 0 Å². The Morgan fingerprint density at radius 3 is 2.47 bits per heavy atom. The van der Waals surface area contributed by atoms with Gasteiger partial charge in [-0.15, -0.1) is 0 Å². The molecule has 1 aromatic heterocycles. The smallest absolute Gasteiger partial charge is 0.283 e. The summed E-state index contributed by atoms with van der Waals surface area (Å²) in [4.78, 5) is 32.4. The predicted molar refractivity (Wildman–Crippen MR) is 103 cm³/mol. The number of amides is 1. The number of hydrogen-bond acceptors (Lipinski definition) is 7. The maximum Gasteiger partial charge on any atom is 0.283 e. The van der Waals surface area contributed by atoms with Gasteiger partial charge in [0.25, 0.3) is 11.4 Å². The molecule has 152 valence electrons. The number of nitrogens with zero attached hydrogens (tertiary/aromatic N) is 3. The fraction of sp³-hybridized carbons (Fsp3) is 0.0526. The van der Waals surface area contributed by atoms with E-state index >= 15 is 0 Å². The highest BCUT2D eigenvalue weighted by molar-refractivity contribution is 5.82. The van der Waals surface area contributed by atoms with Crippen LogP contribution in [0, 0.1) is 26.0 Å². The van der Waals surface area contributed by atoms with Crippen LogP contribution in [0.5, 0.6) is 0 Å². The van der Waals surface area contributed by atoms with Crippen LogP contribution in [0.25, 0.3) is 11.3 Å². The van der Waals surface area contributed by atoms with Gasteiger partial charge >= 0.3 is 0 Å². The van der Waals surface area contributed by atoms with Gasteiger partial charge in [-0.1, -0.05) is 12.1 Å². The van der Waals surface area contributed by atoms with E-state index < -0.39 is 27.3 Å². The number of halogens is 1. The number of carbonyl (C=O) groups is 1. The Balaban J connectivity index is 1.63. The van der Waals surface area contributed by atoms with Crippen LogP contribution in [-0.2, 0) is 11.2 Å². The highest BCUT2D eigenvalue weighted by atomic mass is 19.1. The fourth-order valence-corrected chi connectivity index (χ4v) is 2.56. The number of hydrogen-bond donors (Lipinski definition) is 1. The molecule has 2 aromatic carbocycles. The van der Waals surface area contributed by atoms with E-state index in [-0.39, 0.29) is 29.2 Å². The minimum absolute atomic E-state index is 0.0412. The zero-order valence-electron chi connectivity index (χ0n) is 15.1. The Kier molecular flexibility index (Phi) is 5.92. The Morgan fingerprint density at radius 2 is 1.80 bits per heavy atom. The first-order valence-electron chi connectivity index (χ1n) is 8.43. The molecule has 1 heterocycles. The largest absolute Gasteiger partial charge is 0.455 e. The van der Waals surface area contributed by atoms with Gasteiger partial charge in [0.15, 0.2) is 0 Å². The standard InChI is InChI=1S/C19H13FN4O6/c20-13-3-7-16(17(10-13)24(28)29)18-8-6-15(30-18)11-21-22-19(25)9-12-1-4-14(5-2-12)23(26)27/h1-8,10-11H,9H2,(H,22,25)/b21-11-. The van der Waals surface area contributed by atoms with Gasteiger partial charge < -0.3 is 4.42 Å². The molecule has 0 aliphatic rings. The number of nitro groups is 2. The second-order valence-electron chi connectivity index (χ2n) is 6.01. The van der Waals surface area contributed by atoms with Gasteiger partial charge in [-0.25, -0.2) is 9.82 Å². The molecule has 0 unspecified atom stereocenters. The third-order valence-electron chi connectivity index (χ3n) is 3.94. The average molecular weight is 412 g/mol. The summed E-state index contributed by atoms with van der Waals surface area (Å²) in [5.74, 6) is -0.852. The van der Waals surface area contributed by atoms with E-state index in [1.807, 2.05) is 0 Å². The Bertz CT molecular complexity index is 1140. The van der Waals surface area contributed by atoms with Crippen LogP contribution in [0.2, 0.25) is 0 Å². The molecule has 30 heavy (non-hydrogen) atoms. The van der Waals surface area contributed by atoms with Gasteiger partial charge in [-0.2, -0.15) is 5.10 Å². The Morgan fingerprint density at radius 1 is 1.07 bits per heavy atom. The van der Waals surface area contributed by atoms with E-state index in [0.717, 1.165) is 12.1 Å². The SMILES string of the molecule is O=C(Cc1ccc([N+](=O)[O-])cc1)N/N=C\c1ccc(-c2ccc(F)cc2[N+](=O)[O-])o1. The maximum absolute atomic E-state index is 13.3. The van der Waals surface area contributed by atoms with Crippen LogP contribution in [-0.4, -0.2) is 22.0 Å². The molecule has 11 heteroatoms. The molecule has 0 atom stereocenters. The fourth-order valence-electron chi connectivity index (χ4n) is 2.56. The molecule has 0 bridgehead atoms. The lowest BCUT2D eigenvalue weighted by atomic mass is 10.1. The second kappa shape index (κ2) is 8.73. The lowest BCUT2D eigenvalue weighted by Gasteiger charge is -2.00. The van der Waals surface area contributed by atoms with Gasteiger partial charge in [-0.05, 0) is 29.8 Å². The second-order valence-corrected chi connectivity index (χ2v) is 6.01. The molecule has 0 radical (unpaired) electrons. The molecule has 0 aliphatic heterocycles. The highest BCUT2D eigenvalue weighted by Crippen LogP contribution is 2.31. The van der Waals surface area contributed by atoms with Crippen LogP contribution in [0.4, 0.5) is 15.8 Å². The van der Waals surface area contributed by atoms with Gasteiger partial charge in [0.1, 0.15) is 17.3 Å². The number of nitro benzene ring substituents is 2. The zero-order chi connectivity index (χ0) is 21.7. The van der Waals surface area contributed by atoms with Crippen LogP contribution in [0.15, 0.2) is 64.1 Å². The number of hydrazone groups is 1. The van der Waals surface area contributed by atoms with Crippen molar-refractivity contribution in [1.82, 2.24) is 5.43 Å². The van der Waals surface area contributed by atoms with Gasteiger partial charge in [0.05, 0.1) is 34.1 Å². The quantitative estimate of drug-likeness (QED) is 0.357. The molecule has 1 N–H and O–H groups in total. The summed E-state index contributed by atoms with van der Waals surface area (Å²) in [5.41, 5.74) is 2.43. The summed E-state index contributed by atoms with van der Waals surface area (Å²) >= 11 is 0. The molecule has 0 fully saturated rings. The summed E-state index contributed by atoms with van der Waals surface area (Å²) in [5, 5.41) is 25.5. The van der Waals surface area contributed by atoms with E-state index in [2.05, 4.69) is 10.5 Å². The van der Waals surface area contributed by atoms with E-state index in [1.165, 1.54) is 48.7 Å². The number of benzene rings is 2. The third-order valence-corrected chi connectivity index (χ3v) is 3.94. The number of furan rings is 1. The predicted octanol–water partition coefficient (Wildman–Crippen LogP) is 3.59. The van der Waals surface area contributed by atoms with Crippen molar-refractivity contribution in [2.24, 2.45) is 5.10 Å². The Labute approximate surface area is 167 Å². The first-order chi connectivity index (χ1) is 14.3. The Hall–Kier alpha value is -4.41. The molecule has 0 spiro atoms. The van der Waals surface area contributed by atoms with Crippen molar-refractivity contribution in [3.63, 3.8) is 0 Å². The third kappa shape index (κ3) is 4.90. The molecule has 1 amide bonds. The van der Waals surface area contributed by atoms with Crippen molar-refractivity contribution in [2.45, 2.75) is 6.42 Å². The summed E-state index contributed by atoms with van der Waals surface area (Å²) in [6.07, 6.45) is 1.16. The normalized spacial score (nSPS) is 10.8. The van der Waals surface area contributed by atoms with Gasteiger partial charge in [0, 0.05) is 12.1 Å². The highest BCUT2D eigenvalue weighted by Gasteiger charge is 2.19. The van der Waals surface area contributed by atoms with Gasteiger partial charge in [0.2, 0.25) is 5.91 Å². The number of non-ortho nitro benzene ring substituents is 1. The lowest BCUT2D eigenvalue weighted by molar-refractivity contribution is -0.384. The number of nitrogens with one attached hydrogen (secondary N) is 1. The van der Waals surface area contributed by atoms with E-state index in [0.29, 0.717) is 5.56 Å². The minimum Gasteiger partial charge on any atom is -0.455 e. The number of rotatable bonds is 7.